The van der Waals surface area contributed by atoms with Crippen molar-refractivity contribution in [1.29, 1.82) is 0 Å². The molecule has 6 nitrogen and oxygen atoms in total. The average Bonchev–Trinajstić information content (AvgIpc) is 3.40. The van der Waals surface area contributed by atoms with Crippen molar-refractivity contribution in [1.82, 2.24) is 19.7 Å². The van der Waals surface area contributed by atoms with Crippen molar-refractivity contribution < 1.29 is 9.53 Å². The Kier molecular flexibility index (Phi) is 5.39. The van der Waals surface area contributed by atoms with E-state index < -0.39 is 0 Å². The number of carbonyl (C=O) groups excluding carboxylic acids is 1. The smallest absolute Gasteiger partial charge is 0.257 e. The van der Waals surface area contributed by atoms with E-state index in [1.807, 2.05) is 96.2 Å². The zero-order valence-corrected chi connectivity index (χ0v) is 17.3. The van der Waals surface area contributed by atoms with Gasteiger partial charge in [0.1, 0.15) is 11.3 Å². The Hall–Kier alpha value is -3.80. The Balaban J connectivity index is 1.70. The van der Waals surface area contributed by atoms with Crippen molar-refractivity contribution in [3.63, 3.8) is 0 Å². The molecule has 2 aromatic heterocycles. The largest absolute Gasteiger partial charge is 0.497 e. The zero-order chi connectivity index (χ0) is 21.1. The van der Waals surface area contributed by atoms with E-state index in [0.717, 1.165) is 17.0 Å². The van der Waals surface area contributed by atoms with E-state index in [1.54, 1.807) is 7.11 Å². The molecule has 1 amide bonds. The molecule has 2 aromatic carbocycles. The number of ether oxygens (including phenoxy) is 1. The predicted octanol–water partition coefficient (Wildman–Crippen LogP) is 4.22. The number of benzene rings is 2. The van der Waals surface area contributed by atoms with Crippen LogP contribution in [0.15, 0.2) is 73.1 Å². The second-order valence-electron chi connectivity index (χ2n) is 7.16. The van der Waals surface area contributed by atoms with Gasteiger partial charge in [-0.2, -0.15) is 5.10 Å². The second kappa shape index (κ2) is 8.29. The molecule has 0 aliphatic heterocycles. The molecule has 1 N–H and O–H groups in total. The zero-order valence-electron chi connectivity index (χ0n) is 17.3. The molecule has 0 saturated heterocycles. The second-order valence-corrected chi connectivity index (χ2v) is 7.16. The van der Waals surface area contributed by atoms with Gasteiger partial charge in [-0.15, -0.1) is 0 Å². The van der Waals surface area contributed by atoms with Crippen molar-refractivity contribution >= 4 is 5.91 Å². The molecule has 2 heterocycles. The van der Waals surface area contributed by atoms with Crippen LogP contribution in [-0.2, 0) is 6.54 Å². The van der Waals surface area contributed by atoms with Crippen LogP contribution in [0, 0.1) is 13.8 Å². The van der Waals surface area contributed by atoms with Gasteiger partial charge in [-0.1, -0.05) is 29.8 Å². The summed E-state index contributed by atoms with van der Waals surface area (Å²) in [6.45, 7) is 4.30. The summed E-state index contributed by atoms with van der Waals surface area (Å²) >= 11 is 0. The summed E-state index contributed by atoms with van der Waals surface area (Å²) in [4.78, 5) is 13.2. The van der Waals surface area contributed by atoms with E-state index in [4.69, 9.17) is 4.74 Å². The summed E-state index contributed by atoms with van der Waals surface area (Å²) in [5, 5.41) is 7.71. The van der Waals surface area contributed by atoms with E-state index in [9.17, 15) is 4.79 Å². The molecule has 0 aliphatic carbocycles. The maximum atomic E-state index is 13.2. The minimum absolute atomic E-state index is 0.169. The molecular weight excluding hydrogens is 376 g/mol. The van der Waals surface area contributed by atoms with Gasteiger partial charge in [-0.3, -0.25) is 4.79 Å². The average molecular weight is 400 g/mol. The Labute approximate surface area is 175 Å². The van der Waals surface area contributed by atoms with E-state index >= 15 is 0 Å². The first-order chi connectivity index (χ1) is 14.6. The first-order valence-electron chi connectivity index (χ1n) is 9.78. The Morgan fingerprint density at radius 2 is 1.77 bits per heavy atom. The normalized spacial score (nSPS) is 10.8. The molecule has 6 heteroatoms. The number of hydrogen-bond acceptors (Lipinski definition) is 3. The van der Waals surface area contributed by atoms with E-state index in [1.165, 1.54) is 5.56 Å². The number of aromatic nitrogens is 3. The van der Waals surface area contributed by atoms with E-state index in [0.29, 0.717) is 23.6 Å². The summed E-state index contributed by atoms with van der Waals surface area (Å²) in [5.41, 5.74) is 4.26. The van der Waals surface area contributed by atoms with Gasteiger partial charge in [0.25, 0.3) is 5.91 Å². The molecular formula is C24H24N4O2. The van der Waals surface area contributed by atoms with Crippen molar-refractivity contribution in [2.75, 3.05) is 7.11 Å². The molecule has 0 atom stereocenters. The van der Waals surface area contributed by atoms with E-state index in [2.05, 4.69) is 10.4 Å². The molecule has 4 aromatic rings. The number of amides is 1. The van der Waals surface area contributed by atoms with Gasteiger partial charge < -0.3 is 14.6 Å². The third kappa shape index (κ3) is 3.85. The number of hydrogen-bond donors (Lipinski definition) is 1. The number of methoxy groups -OCH3 is 1. The van der Waals surface area contributed by atoms with Gasteiger partial charge in [0.05, 0.1) is 18.5 Å². The van der Waals surface area contributed by atoms with Crippen molar-refractivity contribution in [2.24, 2.45) is 0 Å². The predicted molar refractivity (Wildman–Crippen MR) is 117 cm³/mol. The maximum Gasteiger partial charge on any atom is 0.257 e. The fourth-order valence-corrected chi connectivity index (χ4v) is 3.41. The van der Waals surface area contributed by atoms with Crippen molar-refractivity contribution in [3.8, 4) is 17.3 Å². The minimum Gasteiger partial charge on any atom is -0.497 e. The van der Waals surface area contributed by atoms with Gasteiger partial charge >= 0.3 is 0 Å². The van der Waals surface area contributed by atoms with Crippen LogP contribution in [0.2, 0.25) is 0 Å². The van der Waals surface area contributed by atoms with Gasteiger partial charge in [-0.25, -0.2) is 4.68 Å². The maximum absolute atomic E-state index is 13.2. The summed E-state index contributed by atoms with van der Waals surface area (Å²) in [6.07, 6.45) is 3.83. The SMILES string of the molecule is COc1cccc(CNC(=O)c2c(C)nn(-c3ccc(C)cc3)c2-n2cccc2)c1. The highest BCUT2D eigenvalue weighted by Crippen LogP contribution is 2.23. The fourth-order valence-electron chi connectivity index (χ4n) is 3.41. The lowest BCUT2D eigenvalue weighted by molar-refractivity contribution is 0.0950. The highest BCUT2D eigenvalue weighted by Gasteiger charge is 2.23. The Bertz CT molecular complexity index is 1160. The summed E-state index contributed by atoms with van der Waals surface area (Å²) in [6, 6.07) is 19.6. The van der Waals surface area contributed by atoms with Crippen LogP contribution >= 0.6 is 0 Å². The lowest BCUT2D eigenvalue weighted by Crippen LogP contribution is -2.24. The van der Waals surface area contributed by atoms with Gasteiger partial charge in [0.15, 0.2) is 5.82 Å². The molecule has 0 unspecified atom stereocenters. The number of rotatable bonds is 6. The monoisotopic (exact) mass is 400 g/mol. The summed E-state index contributed by atoms with van der Waals surface area (Å²) in [7, 11) is 1.63. The molecule has 30 heavy (non-hydrogen) atoms. The number of nitrogens with zero attached hydrogens (tertiary/aromatic N) is 3. The molecule has 0 radical (unpaired) electrons. The van der Waals surface area contributed by atoms with E-state index in [-0.39, 0.29) is 5.91 Å². The van der Waals surface area contributed by atoms with Crippen LogP contribution in [0.5, 0.6) is 5.75 Å². The van der Waals surface area contributed by atoms with Crippen LogP contribution in [0.3, 0.4) is 0 Å². The van der Waals surface area contributed by atoms with Crippen LogP contribution < -0.4 is 10.1 Å². The third-order valence-corrected chi connectivity index (χ3v) is 4.98. The number of nitrogens with one attached hydrogen (secondary N) is 1. The van der Waals surface area contributed by atoms with Crippen LogP contribution in [-0.4, -0.2) is 27.4 Å². The Morgan fingerprint density at radius 1 is 1.03 bits per heavy atom. The quantitative estimate of drug-likeness (QED) is 0.527. The highest BCUT2D eigenvalue weighted by atomic mass is 16.5. The molecule has 0 bridgehead atoms. The first kappa shape index (κ1) is 19.5. The Morgan fingerprint density at radius 3 is 2.47 bits per heavy atom. The standard InChI is InChI=1S/C24H24N4O2/c1-17-9-11-20(12-10-17)28-24(27-13-4-5-14-27)22(18(2)26-28)23(29)25-16-19-7-6-8-21(15-19)30-3/h4-15H,16H2,1-3H3,(H,25,29). The van der Waals surface area contributed by atoms with Crippen LogP contribution in [0.25, 0.3) is 11.5 Å². The minimum atomic E-state index is -0.169. The summed E-state index contributed by atoms with van der Waals surface area (Å²) in [5.74, 6) is 1.31. The molecule has 0 aliphatic rings. The lowest BCUT2D eigenvalue weighted by Gasteiger charge is -2.12. The van der Waals surface area contributed by atoms with Crippen LogP contribution in [0.1, 0.15) is 27.2 Å². The lowest BCUT2D eigenvalue weighted by atomic mass is 10.2. The molecule has 0 saturated carbocycles. The van der Waals surface area contributed by atoms with Gasteiger partial charge in [-0.05, 0) is 55.8 Å². The molecule has 0 fully saturated rings. The number of aryl methyl sites for hydroxylation is 2. The third-order valence-electron chi connectivity index (χ3n) is 4.98. The van der Waals surface area contributed by atoms with Gasteiger partial charge in [0, 0.05) is 18.9 Å². The fraction of sp³-hybridized carbons (Fsp3) is 0.167. The summed E-state index contributed by atoms with van der Waals surface area (Å²) < 4.78 is 9.00. The van der Waals surface area contributed by atoms with Crippen LogP contribution in [0.4, 0.5) is 0 Å². The van der Waals surface area contributed by atoms with Crippen molar-refractivity contribution in [3.05, 3.63) is 95.4 Å². The molecule has 0 spiro atoms. The number of carbonyl (C=O) groups is 1. The first-order valence-corrected chi connectivity index (χ1v) is 9.78. The molecule has 4 rings (SSSR count). The topological polar surface area (TPSA) is 61.1 Å². The van der Waals surface area contributed by atoms with Crippen molar-refractivity contribution in [2.45, 2.75) is 20.4 Å². The molecule has 152 valence electrons. The van der Waals surface area contributed by atoms with Gasteiger partial charge in [0.2, 0.25) is 0 Å². The highest BCUT2D eigenvalue weighted by molar-refractivity contribution is 5.98.